The van der Waals surface area contributed by atoms with Gasteiger partial charge in [-0.1, -0.05) is 32.0 Å². The number of hydrogen-bond donors (Lipinski definition) is 1. The highest BCUT2D eigenvalue weighted by molar-refractivity contribution is 8.00. The van der Waals surface area contributed by atoms with Crippen molar-refractivity contribution < 1.29 is 9.90 Å². The molecular formula is C14H18O2S. The third-order valence-corrected chi connectivity index (χ3v) is 4.25. The highest BCUT2D eigenvalue weighted by Crippen LogP contribution is 2.37. The fourth-order valence-corrected chi connectivity index (χ4v) is 3.41. The molecule has 0 bridgehead atoms. The predicted octanol–water partition coefficient (Wildman–Crippen LogP) is 3.30. The van der Waals surface area contributed by atoms with Gasteiger partial charge in [0.2, 0.25) is 0 Å². The van der Waals surface area contributed by atoms with Gasteiger partial charge in [-0.3, -0.25) is 4.79 Å². The Morgan fingerprint density at radius 2 is 2.29 bits per heavy atom. The number of fused-ring (bicyclic) bond motifs is 1. The molecule has 0 amide bonds. The Balaban J connectivity index is 2.33. The summed E-state index contributed by atoms with van der Waals surface area (Å²) in [6.07, 6.45) is 2.01. The highest BCUT2D eigenvalue weighted by atomic mass is 32.2. The van der Waals surface area contributed by atoms with Crippen LogP contribution >= 0.6 is 11.8 Å². The molecule has 1 aromatic carbocycles. The number of carboxylic acid groups (broad SMARTS) is 1. The van der Waals surface area contributed by atoms with Crippen molar-refractivity contribution in [1.29, 1.82) is 0 Å². The maximum atomic E-state index is 11.2. The van der Waals surface area contributed by atoms with Gasteiger partial charge in [0.05, 0.1) is 0 Å². The first-order chi connectivity index (χ1) is 8.08. The van der Waals surface area contributed by atoms with Crippen LogP contribution in [0.25, 0.3) is 0 Å². The topological polar surface area (TPSA) is 37.3 Å². The van der Waals surface area contributed by atoms with Gasteiger partial charge in [0.15, 0.2) is 0 Å². The van der Waals surface area contributed by atoms with Gasteiger partial charge < -0.3 is 5.11 Å². The first-order valence-electron chi connectivity index (χ1n) is 6.04. The minimum Gasteiger partial charge on any atom is -0.480 e. The Kier molecular flexibility index (Phi) is 3.77. The van der Waals surface area contributed by atoms with Crippen molar-refractivity contribution in [2.24, 2.45) is 5.92 Å². The predicted molar refractivity (Wildman–Crippen MR) is 71.5 cm³/mol. The summed E-state index contributed by atoms with van der Waals surface area (Å²) < 4.78 is 0. The lowest BCUT2D eigenvalue weighted by Gasteiger charge is -2.23. The van der Waals surface area contributed by atoms with Crippen LogP contribution in [0, 0.1) is 5.92 Å². The molecule has 0 fully saturated rings. The molecule has 92 valence electrons. The van der Waals surface area contributed by atoms with Crippen LogP contribution in [0.5, 0.6) is 0 Å². The third-order valence-electron chi connectivity index (χ3n) is 3.02. The van der Waals surface area contributed by atoms with E-state index in [1.54, 1.807) is 11.8 Å². The molecule has 1 heterocycles. The van der Waals surface area contributed by atoms with Gasteiger partial charge in [-0.2, -0.15) is 0 Å². The van der Waals surface area contributed by atoms with Crippen molar-refractivity contribution in [3.8, 4) is 0 Å². The van der Waals surface area contributed by atoms with E-state index >= 15 is 0 Å². The van der Waals surface area contributed by atoms with Crippen molar-refractivity contribution >= 4 is 17.7 Å². The summed E-state index contributed by atoms with van der Waals surface area (Å²) in [5.41, 5.74) is 3.49. The van der Waals surface area contributed by atoms with Gasteiger partial charge in [-0.15, -0.1) is 11.8 Å². The van der Waals surface area contributed by atoms with Crippen LogP contribution in [0.4, 0.5) is 0 Å². The van der Waals surface area contributed by atoms with E-state index in [4.69, 9.17) is 0 Å². The second kappa shape index (κ2) is 5.13. The first-order valence-corrected chi connectivity index (χ1v) is 7.09. The second-order valence-corrected chi connectivity index (χ2v) is 6.18. The number of carboxylic acids is 1. The van der Waals surface area contributed by atoms with Crippen LogP contribution in [0.1, 0.15) is 35.8 Å². The number of carbonyl (C=O) groups is 1. The van der Waals surface area contributed by atoms with Crippen molar-refractivity contribution in [1.82, 2.24) is 0 Å². The lowest BCUT2D eigenvalue weighted by Crippen LogP contribution is -2.16. The lowest BCUT2D eigenvalue weighted by atomic mass is 9.95. The lowest BCUT2D eigenvalue weighted by molar-refractivity contribution is -0.136. The van der Waals surface area contributed by atoms with Crippen molar-refractivity contribution in [2.45, 2.75) is 31.9 Å². The van der Waals surface area contributed by atoms with Gasteiger partial charge in [-0.05, 0) is 41.2 Å². The van der Waals surface area contributed by atoms with Gasteiger partial charge in [-0.25, -0.2) is 0 Å². The van der Waals surface area contributed by atoms with E-state index in [1.165, 1.54) is 11.1 Å². The maximum Gasteiger partial charge on any atom is 0.321 e. The molecule has 2 rings (SSSR count). The highest BCUT2D eigenvalue weighted by Gasteiger charge is 2.26. The molecule has 3 heteroatoms. The number of rotatable bonds is 3. The molecule has 0 aromatic heterocycles. The Hall–Kier alpha value is -0.960. The monoisotopic (exact) mass is 250 g/mol. The fourth-order valence-electron chi connectivity index (χ4n) is 2.30. The summed E-state index contributed by atoms with van der Waals surface area (Å²) >= 11 is 1.54. The van der Waals surface area contributed by atoms with Gasteiger partial charge in [0.1, 0.15) is 5.25 Å². The molecule has 17 heavy (non-hydrogen) atoms. The molecule has 1 aliphatic rings. The number of aliphatic carboxylic acids is 1. The summed E-state index contributed by atoms with van der Waals surface area (Å²) in [6, 6.07) is 6.36. The molecule has 1 aliphatic heterocycles. The fraction of sp³-hybridized carbons (Fsp3) is 0.500. The van der Waals surface area contributed by atoms with E-state index in [0.29, 0.717) is 5.92 Å². The Labute approximate surface area is 106 Å². The average Bonchev–Trinajstić information content (AvgIpc) is 2.27. The van der Waals surface area contributed by atoms with E-state index < -0.39 is 5.97 Å². The molecule has 0 radical (unpaired) electrons. The zero-order valence-corrected chi connectivity index (χ0v) is 11.1. The maximum absolute atomic E-state index is 11.2. The van der Waals surface area contributed by atoms with E-state index in [9.17, 15) is 9.90 Å². The summed E-state index contributed by atoms with van der Waals surface area (Å²) in [4.78, 5) is 11.2. The quantitative estimate of drug-likeness (QED) is 0.894. The van der Waals surface area contributed by atoms with E-state index in [0.717, 1.165) is 24.2 Å². The average molecular weight is 250 g/mol. The van der Waals surface area contributed by atoms with E-state index in [2.05, 4.69) is 32.0 Å². The number of benzene rings is 1. The SMILES string of the molecule is CC(C)Cc1ccc2c(c1)C(C(=O)O)SCC2. The molecule has 1 aromatic rings. The number of aryl methyl sites for hydroxylation is 1. The molecule has 0 saturated heterocycles. The molecule has 2 nitrogen and oxygen atoms in total. The first kappa shape index (κ1) is 12.5. The Bertz CT molecular complexity index is 426. The summed E-state index contributed by atoms with van der Waals surface area (Å²) in [7, 11) is 0. The summed E-state index contributed by atoms with van der Waals surface area (Å²) in [5.74, 6) is 0.804. The van der Waals surface area contributed by atoms with Crippen molar-refractivity contribution in [3.05, 3.63) is 34.9 Å². The molecule has 0 saturated carbocycles. The van der Waals surface area contributed by atoms with Crippen molar-refractivity contribution in [2.75, 3.05) is 5.75 Å². The minimum atomic E-state index is -0.711. The smallest absolute Gasteiger partial charge is 0.321 e. The van der Waals surface area contributed by atoms with Crippen LogP contribution in [-0.2, 0) is 17.6 Å². The van der Waals surface area contributed by atoms with Gasteiger partial charge in [0, 0.05) is 0 Å². The number of thioether (sulfide) groups is 1. The molecule has 0 spiro atoms. The Morgan fingerprint density at radius 3 is 2.94 bits per heavy atom. The zero-order valence-electron chi connectivity index (χ0n) is 10.3. The summed E-state index contributed by atoms with van der Waals surface area (Å²) in [5, 5.41) is 8.87. The van der Waals surface area contributed by atoms with E-state index in [-0.39, 0.29) is 5.25 Å². The van der Waals surface area contributed by atoms with Gasteiger partial charge >= 0.3 is 5.97 Å². The van der Waals surface area contributed by atoms with Crippen LogP contribution in [0.15, 0.2) is 18.2 Å². The normalized spacial score (nSPS) is 19.1. The van der Waals surface area contributed by atoms with Crippen LogP contribution < -0.4 is 0 Å². The largest absolute Gasteiger partial charge is 0.480 e. The van der Waals surface area contributed by atoms with Crippen LogP contribution in [-0.4, -0.2) is 16.8 Å². The van der Waals surface area contributed by atoms with E-state index in [1.807, 2.05) is 0 Å². The molecule has 0 aliphatic carbocycles. The van der Waals surface area contributed by atoms with Gasteiger partial charge in [0.25, 0.3) is 0 Å². The standard InChI is InChI=1S/C14H18O2S/c1-9(2)7-10-3-4-11-5-6-17-13(14(15)16)12(11)8-10/h3-4,8-9,13H,5-7H2,1-2H3,(H,15,16). The summed E-state index contributed by atoms with van der Waals surface area (Å²) in [6.45, 7) is 4.37. The molecule has 1 N–H and O–H groups in total. The van der Waals surface area contributed by atoms with Crippen LogP contribution in [0.2, 0.25) is 0 Å². The van der Waals surface area contributed by atoms with Crippen LogP contribution in [0.3, 0.4) is 0 Å². The zero-order chi connectivity index (χ0) is 12.4. The molecular weight excluding hydrogens is 232 g/mol. The van der Waals surface area contributed by atoms with Crippen molar-refractivity contribution in [3.63, 3.8) is 0 Å². The molecule has 1 unspecified atom stereocenters. The number of hydrogen-bond acceptors (Lipinski definition) is 2. The molecule has 1 atom stereocenters. The third kappa shape index (κ3) is 2.83. The minimum absolute atomic E-state index is 0.370. The second-order valence-electron chi connectivity index (χ2n) is 4.97. The Morgan fingerprint density at radius 1 is 1.53 bits per heavy atom.